The molecule has 0 heterocycles. The lowest BCUT2D eigenvalue weighted by atomic mass is 10.1. The smallest absolute Gasteiger partial charge is 0.233 e. The van der Waals surface area contributed by atoms with Crippen LogP contribution in [0.15, 0.2) is 30.3 Å². The van der Waals surface area contributed by atoms with Crippen LogP contribution in [0, 0.1) is 0 Å². The van der Waals surface area contributed by atoms with Crippen molar-refractivity contribution in [2.45, 2.75) is 25.7 Å². The van der Waals surface area contributed by atoms with Gasteiger partial charge in [-0.2, -0.15) is 0 Å². The molecular formula is C11H16N2O. The lowest BCUT2D eigenvalue weighted by Gasteiger charge is -2.00. The molecular weight excluding hydrogens is 176 g/mol. The maximum atomic E-state index is 10.8. The van der Waals surface area contributed by atoms with Gasteiger partial charge in [0.15, 0.2) is 0 Å². The van der Waals surface area contributed by atoms with Crippen LogP contribution in [-0.2, 0) is 11.2 Å². The Morgan fingerprint density at radius 1 is 1.21 bits per heavy atom. The van der Waals surface area contributed by atoms with E-state index < -0.39 is 0 Å². The van der Waals surface area contributed by atoms with Gasteiger partial charge in [-0.25, -0.2) is 5.84 Å². The van der Waals surface area contributed by atoms with E-state index >= 15 is 0 Å². The molecule has 0 unspecified atom stereocenters. The van der Waals surface area contributed by atoms with Crippen molar-refractivity contribution in [1.82, 2.24) is 5.43 Å². The van der Waals surface area contributed by atoms with Gasteiger partial charge in [0, 0.05) is 6.42 Å². The van der Waals surface area contributed by atoms with Crippen molar-refractivity contribution in [3.63, 3.8) is 0 Å². The highest BCUT2D eigenvalue weighted by Crippen LogP contribution is 2.05. The van der Waals surface area contributed by atoms with Crippen molar-refractivity contribution in [2.75, 3.05) is 0 Å². The molecule has 0 aromatic heterocycles. The molecule has 14 heavy (non-hydrogen) atoms. The highest BCUT2D eigenvalue weighted by atomic mass is 16.2. The van der Waals surface area contributed by atoms with Crippen LogP contribution in [0.2, 0.25) is 0 Å². The first-order valence-corrected chi connectivity index (χ1v) is 4.86. The number of nitrogens with one attached hydrogen (secondary N) is 1. The Morgan fingerprint density at radius 3 is 2.57 bits per heavy atom. The van der Waals surface area contributed by atoms with Gasteiger partial charge < -0.3 is 0 Å². The van der Waals surface area contributed by atoms with Gasteiger partial charge in [-0.1, -0.05) is 30.3 Å². The van der Waals surface area contributed by atoms with E-state index in [4.69, 9.17) is 5.84 Å². The molecule has 0 bridgehead atoms. The van der Waals surface area contributed by atoms with Gasteiger partial charge in [0.25, 0.3) is 0 Å². The van der Waals surface area contributed by atoms with Crippen LogP contribution in [-0.4, -0.2) is 5.91 Å². The predicted molar refractivity (Wildman–Crippen MR) is 56.3 cm³/mol. The van der Waals surface area contributed by atoms with Crippen LogP contribution in [0.25, 0.3) is 0 Å². The topological polar surface area (TPSA) is 55.1 Å². The van der Waals surface area contributed by atoms with Gasteiger partial charge in [-0.15, -0.1) is 0 Å². The maximum Gasteiger partial charge on any atom is 0.233 e. The Bertz CT molecular complexity index is 272. The minimum absolute atomic E-state index is 0.0851. The molecule has 1 aromatic rings. The third-order valence-corrected chi connectivity index (χ3v) is 2.12. The average Bonchev–Trinajstić information content (AvgIpc) is 2.25. The molecule has 3 N–H and O–H groups in total. The molecule has 1 amide bonds. The first kappa shape index (κ1) is 10.7. The normalized spacial score (nSPS) is 9.79. The quantitative estimate of drug-likeness (QED) is 0.320. The minimum atomic E-state index is -0.0851. The molecule has 0 saturated heterocycles. The number of rotatable bonds is 5. The van der Waals surface area contributed by atoms with Crippen LogP contribution in [0.4, 0.5) is 0 Å². The summed E-state index contributed by atoms with van der Waals surface area (Å²) in [5.74, 6) is 4.88. The zero-order valence-electron chi connectivity index (χ0n) is 8.20. The van der Waals surface area contributed by atoms with Gasteiger partial charge in [-0.3, -0.25) is 10.2 Å². The Balaban J connectivity index is 2.13. The molecule has 0 radical (unpaired) electrons. The molecule has 3 heteroatoms. The number of carbonyl (C=O) groups is 1. The van der Waals surface area contributed by atoms with E-state index in [2.05, 4.69) is 17.6 Å². The Kier molecular flexibility index (Phi) is 4.72. The molecule has 76 valence electrons. The summed E-state index contributed by atoms with van der Waals surface area (Å²) >= 11 is 0. The lowest BCUT2D eigenvalue weighted by Crippen LogP contribution is -2.29. The molecule has 0 spiro atoms. The highest BCUT2D eigenvalue weighted by molar-refractivity contribution is 5.75. The summed E-state index contributed by atoms with van der Waals surface area (Å²) in [5.41, 5.74) is 3.44. The van der Waals surface area contributed by atoms with Crippen LogP contribution < -0.4 is 11.3 Å². The average molecular weight is 192 g/mol. The second kappa shape index (κ2) is 6.16. The second-order valence-electron chi connectivity index (χ2n) is 3.26. The zero-order chi connectivity index (χ0) is 10.2. The molecule has 3 nitrogen and oxygen atoms in total. The largest absolute Gasteiger partial charge is 0.294 e. The Hall–Kier alpha value is -1.35. The van der Waals surface area contributed by atoms with Crippen LogP contribution in [0.5, 0.6) is 0 Å². The lowest BCUT2D eigenvalue weighted by molar-refractivity contribution is -0.121. The molecule has 0 aliphatic heterocycles. The van der Waals surface area contributed by atoms with Crippen molar-refractivity contribution in [3.05, 3.63) is 35.9 Å². The van der Waals surface area contributed by atoms with Crippen LogP contribution in [0.1, 0.15) is 24.8 Å². The fourth-order valence-corrected chi connectivity index (χ4v) is 1.33. The number of unbranched alkanes of at least 4 members (excludes halogenated alkanes) is 1. The monoisotopic (exact) mass is 192 g/mol. The van der Waals surface area contributed by atoms with Crippen molar-refractivity contribution >= 4 is 5.91 Å². The third-order valence-electron chi connectivity index (χ3n) is 2.12. The van der Waals surface area contributed by atoms with Gasteiger partial charge in [0.1, 0.15) is 0 Å². The summed E-state index contributed by atoms with van der Waals surface area (Å²) in [6.07, 6.45) is 3.46. The summed E-state index contributed by atoms with van der Waals surface area (Å²) in [7, 11) is 0. The van der Waals surface area contributed by atoms with E-state index in [1.165, 1.54) is 5.56 Å². The number of amides is 1. The molecule has 0 aliphatic carbocycles. The molecule has 0 atom stereocenters. The van der Waals surface area contributed by atoms with Crippen molar-refractivity contribution in [2.24, 2.45) is 5.84 Å². The van der Waals surface area contributed by atoms with E-state index in [1.54, 1.807) is 0 Å². The van der Waals surface area contributed by atoms with Crippen molar-refractivity contribution in [1.29, 1.82) is 0 Å². The predicted octanol–water partition coefficient (Wildman–Crippen LogP) is 1.39. The molecule has 1 aromatic carbocycles. The SMILES string of the molecule is NNC(=O)CCCCc1ccccc1. The molecule has 1 rings (SSSR count). The summed E-state index contributed by atoms with van der Waals surface area (Å²) in [5, 5.41) is 0. The Labute approximate surface area is 84.3 Å². The van der Waals surface area contributed by atoms with E-state index in [1.807, 2.05) is 18.2 Å². The van der Waals surface area contributed by atoms with Gasteiger partial charge >= 0.3 is 0 Å². The van der Waals surface area contributed by atoms with E-state index in [-0.39, 0.29) is 5.91 Å². The summed E-state index contributed by atoms with van der Waals surface area (Å²) in [6, 6.07) is 10.3. The van der Waals surface area contributed by atoms with Gasteiger partial charge in [0.05, 0.1) is 0 Å². The van der Waals surface area contributed by atoms with E-state index in [0.29, 0.717) is 6.42 Å². The number of hydrogen-bond acceptors (Lipinski definition) is 2. The fraction of sp³-hybridized carbons (Fsp3) is 0.364. The van der Waals surface area contributed by atoms with Crippen molar-refractivity contribution < 1.29 is 4.79 Å². The number of hydrazine groups is 1. The van der Waals surface area contributed by atoms with E-state index in [9.17, 15) is 4.79 Å². The molecule has 0 fully saturated rings. The van der Waals surface area contributed by atoms with Crippen LogP contribution >= 0.6 is 0 Å². The summed E-state index contributed by atoms with van der Waals surface area (Å²) < 4.78 is 0. The minimum Gasteiger partial charge on any atom is -0.294 e. The van der Waals surface area contributed by atoms with Gasteiger partial charge in [-0.05, 0) is 24.8 Å². The number of aryl methyl sites for hydroxylation is 1. The maximum absolute atomic E-state index is 10.8. The Morgan fingerprint density at radius 2 is 1.93 bits per heavy atom. The first-order valence-electron chi connectivity index (χ1n) is 4.86. The standard InChI is InChI=1S/C11H16N2O/c12-13-11(14)9-5-4-8-10-6-2-1-3-7-10/h1-3,6-7H,4-5,8-9,12H2,(H,13,14). The number of nitrogens with two attached hydrogens (primary N) is 1. The second-order valence-corrected chi connectivity index (χ2v) is 3.26. The summed E-state index contributed by atoms with van der Waals surface area (Å²) in [4.78, 5) is 10.8. The van der Waals surface area contributed by atoms with Crippen LogP contribution in [0.3, 0.4) is 0 Å². The van der Waals surface area contributed by atoms with Gasteiger partial charge in [0.2, 0.25) is 5.91 Å². The van der Waals surface area contributed by atoms with E-state index in [0.717, 1.165) is 19.3 Å². The highest BCUT2D eigenvalue weighted by Gasteiger charge is 1.97. The molecule has 0 aliphatic rings. The van der Waals surface area contributed by atoms with Crippen molar-refractivity contribution in [3.8, 4) is 0 Å². The fourth-order valence-electron chi connectivity index (χ4n) is 1.33. The number of benzene rings is 1. The number of carbonyl (C=O) groups excluding carboxylic acids is 1. The zero-order valence-corrected chi connectivity index (χ0v) is 8.20. The molecule has 0 saturated carbocycles. The number of hydrogen-bond donors (Lipinski definition) is 2. The third kappa shape index (κ3) is 4.05. The summed E-state index contributed by atoms with van der Waals surface area (Å²) in [6.45, 7) is 0. The first-order chi connectivity index (χ1) is 6.83.